The fraction of sp³-hybridized carbons (Fsp3) is 0.714. The average molecular weight is 396 g/mol. The monoisotopic (exact) mass is 395 g/mol. The highest BCUT2D eigenvalue weighted by Crippen LogP contribution is 2.49. The van der Waals surface area contributed by atoms with Crippen LogP contribution in [0.5, 0.6) is 0 Å². The minimum atomic E-state index is 0.214. The smallest absolute Gasteiger partial charge is 0.137 e. The second kappa shape index (κ2) is 7.81. The zero-order valence-corrected chi connectivity index (χ0v) is 17.2. The van der Waals surface area contributed by atoms with Crippen LogP contribution in [0.1, 0.15) is 44.9 Å². The number of methoxy groups -OCH3 is 1. The average Bonchev–Trinajstić information content (AvgIpc) is 2.97. The van der Waals surface area contributed by atoms with Crippen molar-refractivity contribution in [3.8, 4) is 0 Å². The van der Waals surface area contributed by atoms with Gasteiger partial charge >= 0.3 is 0 Å². The maximum absolute atomic E-state index is 10.3. The van der Waals surface area contributed by atoms with Crippen molar-refractivity contribution in [3.63, 3.8) is 0 Å². The number of aliphatic hydroxyl groups is 1. The molecule has 5 unspecified atom stereocenters. The fourth-order valence-corrected chi connectivity index (χ4v) is 7.84. The minimum absolute atomic E-state index is 0.214. The Morgan fingerprint density at radius 1 is 1.35 bits per heavy atom. The van der Waals surface area contributed by atoms with Crippen molar-refractivity contribution in [1.29, 1.82) is 0 Å². The van der Waals surface area contributed by atoms with Gasteiger partial charge in [-0.1, -0.05) is 24.5 Å². The summed E-state index contributed by atoms with van der Waals surface area (Å²) in [7, 11) is 1.65. The fourth-order valence-electron chi connectivity index (χ4n) is 5.31. The minimum Gasteiger partial charge on any atom is -0.508 e. The first-order valence-corrected chi connectivity index (χ1v) is 11.3. The number of allylic oxidation sites excluding steroid dienone is 2. The third kappa shape index (κ3) is 3.33. The number of nitrogens with zero attached hydrogens (tertiary/aromatic N) is 1. The normalized spacial score (nSPS) is 38.2. The molecule has 4 rings (SSSR count). The molecule has 2 fully saturated rings. The molecule has 0 spiro atoms. The van der Waals surface area contributed by atoms with Crippen molar-refractivity contribution >= 4 is 23.4 Å². The molecule has 0 aromatic heterocycles. The Bertz CT molecular complexity index is 632. The molecule has 5 heteroatoms. The molecule has 0 aromatic carbocycles. The first-order chi connectivity index (χ1) is 12.6. The standard InChI is InChI=1S/C21H30ClNO2S/c1-3-16-15-11-17(24)18(25-2)10-13(15)8-9-23(16)12-20-21(22)14-6-4-5-7-19(14)26-20/h3,14,16,19-21,24H,1,4-12H2,2H3. The van der Waals surface area contributed by atoms with Crippen LogP contribution in [0.2, 0.25) is 0 Å². The van der Waals surface area contributed by atoms with Gasteiger partial charge in [0.25, 0.3) is 0 Å². The number of hydrogen-bond acceptors (Lipinski definition) is 4. The number of aliphatic hydroxyl groups excluding tert-OH is 1. The molecule has 2 heterocycles. The molecule has 5 atom stereocenters. The van der Waals surface area contributed by atoms with Gasteiger partial charge in [0.05, 0.1) is 12.5 Å². The predicted octanol–water partition coefficient (Wildman–Crippen LogP) is 5.03. The Balaban J connectivity index is 1.47. The van der Waals surface area contributed by atoms with E-state index in [4.69, 9.17) is 16.3 Å². The lowest BCUT2D eigenvalue weighted by atomic mass is 9.83. The highest BCUT2D eigenvalue weighted by atomic mass is 35.5. The van der Waals surface area contributed by atoms with E-state index in [1.54, 1.807) is 7.11 Å². The molecule has 1 saturated heterocycles. The molecule has 1 N–H and O–H groups in total. The summed E-state index contributed by atoms with van der Waals surface area (Å²) < 4.78 is 5.36. The number of alkyl halides is 1. The molecule has 0 amide bonds. The third-order valence-electron chi connectivity index (χ3n) is 6.71. The summed E-state index contributed by atoms with van der Waals surface area (Å²) in [6, 6.07) is 0.214. The van der Waals surface area contributed by atoms with E-state index in [1.807, 2.05) is 0 Å². The lowest BCUT2D eigenvalue weighted by Gasteiger charge is -2.40. The highest BCUT2D eigenvalue weighted by Gasteiger charge is 2.45. The molecule has 144 valence electrons. The molecule has 1 saturated carbocycles. The van der Waals surface area contributed by atoms with Crippen LogP contribution in [0.3, 0.4) is 0 Å². The molecular weight excluding hydrogens is 366 g/mol. The zero-order chi connectivity index (χ0) is 18.3. The van der Waals surface area contributed by atoms with Crippen LogP contribution in [-0.4, -0.2) is 52.1 Å². The maximum Gasteiger partial charge on any atom is 0.137 e. The second-order valence-electron chi connectivity index (χ2n) is 8.09. The second-order valence-corrected chi connectivity index (χ2v) is 10.1. The molecule has 0 aromatic rings. The van der Waals surface area contributed by atoms with E-state index >= 15 is 0 Å². The van der Waals surface area contributed by atoms with E-state index in [1.165, 1.54) is 36.8 Å². The summed E-state index contributed by atoms with van der Waals surface area (Å²) in [5.41, 5.74) is 2.76. The van der Waals surface area contributed by atoms with E-state index in [0.717, 1.165) is 36.9 Å². The molecule has 26 heavy (non-hydrogen) atoms. The Morgan fingerprint density at radius 3 is 2.88 bits per heavy atom. The van der Waals surface area contributed by atoms with Crippen LogP contribution < -0.4 is 0 Å². The largest absolute Gasteiger partial charge is 0.508 e. The van der Waals surface area contributed by atoms with Gasteiger partial charge < -0.3 is 9.84 Å². The quantitative estimate of drug-likeness (QED) is 0.534. The van der Waals surface area contributed by atoms with Gasteiger partial charge in [-0.2, -0.15) is 11.8 Å². The van der Waals surface area contributed by atoms with Gasteiger partial charge in [-0.25, -0.2) is 0 Å². The highest BCUT2D eigenvalue weighted by molar-refractivity contribution is 8.01. The Hall–Kier alpha value is -0.580. The summed E-state index contributed by atoms with van der Waals surface area (Å²) in [4.78, 5) is 2.54. The number of ether oxygens (including phenoxy) is 1. The number of halogens is 1. The van der Waals surface area contributed by atoms with Gasteiger partial charge in [0.2, 0.25) is 0 Å². The first kappa shape index (κ1) is 18.8. The SMILES string of the molecule is C=CC1C2=C(CCN1CC1SC3CCCCC3C1Cl)CC(OC)=C(O)C2. The lowest BCUT2D eigenvalue weighted by Crippen LogP contribution is -2.45. The first-order valence-electron chi connectivity index (χ1n) is 9.94. The van der Waals surface area contributed by atoms with E-state index < -0.39 is 0 Å². The molecule has 3 nitrogen and oxygen atoms in total. The van der Waals surface area contributed by atoms with Crippen molar-refractivity contribution in [3.05, 3.63) is 35.3 Å². The summed E-state index contributed by atoms with van der Waals surface area (Å²) >= 11 is 9.05. The summed E-state index contributed by atoms with van der Waals surface area (Å²) in [5.74, 6) is 1.82. The summed E-state index contributed by atoms with van der Waals surface area (Å²) in [5, 5.41) is 11.9. The van der Waals surface area contributed by atoms with Gasteiger partial charge in [0, 0.05) is 42.5 Å². The van der Waals surface area contributed by atoms with Crippen LogP contribution in [-0.2, 0) is 4.74 Å². The van der Waals surface area contributed by atoms with Crippen molar-refractivity contribution in [2.75, 3.05) is 20.2 Å². The predicted molar refractivity (Wildman–Crippen MR) is 110 cm³/mol. The number of hydrogen-bond donors (Lipinski definition) is 1. The number of thioether (sulfide) groups is 1. The molecule has 4 aliphatic rings. The lowest BCUT2D eigenvalue weighted by molar-refractivity contribution is 0.204. The van der Waals surface area contributed by atoms with E-state index in [-0.39, 0.29) is 6.04 Å². The molecular formula is C21H30ClNO2S. The Morgan fingerprint density at radius 2 is 2.15 bits per heavy atom. The molecule has 2 aliphatic heterocycles. The van der Waals surface area contributed by atoms with E-state index in [0.29, 0.717) is 28.7 Å². The van der Waals surface area contributed by atoms with Crippen LogP contribution >= 0.6 is 23.4 Å². The van der Waals surface area contributed by atoms with Gasteiger partial charge in [-0.3, -0.25) is 4.90 Å². The Labute approximate surface area is 166 Å². The molecule has 2 aliphatic carbocycles. The zero-order valence-electron chi connectivity index (χ0n) is 15.6. The van der Waals surface area contributed by atoms with Crippen LogP contribution in [0.4, 0.5) is 0 Å². The van der Waals surface area contributed by atoms with Crippen LogP contribution in [0.25, 0.3) is 0 Å². The van der Waals surface area contributed by atoms with Gasteiger partial charge in [0.15, 0.2) is 0 Å². The van der Waals surface area contributed by atoms with Crippen molar-refractivity contribution in [2.24, 2.45) is 5.92 Å². The summed E-state index contributed by atoms with van der Waals surface area (Å²) in [6.45, 7) is 6.18. The molecule has 0 radical (unpaired) electrons. The topological polar surface area (TPSA) is 32.7 Å². The Kier molecular flexibility index (Phi) is 5.64. The number of rotatable bonds is 4. The van der Waals surface area contributed by atoms with E-state index in [9.17, 15) is 5.11 Å². The van der Waals surface area contributed by atoms with Crippen molar-refractivity contribution in [1.82, 2.24) is 4.90 Å². The van der Waals surface area contributed by atoms with Gasteiger partial charge in [-0.15, -0.1) is 18.2 Å². The van der Waals surface area contributed by atoms with Crippen molar-refractivity contribution < 1.29 is 9.84 Å². The summed E-state index contributed by atoms with van der Waals surface area (Å²) in [6.07, 6.45) is 9.81. The van der Waals surface area contributed by atoms with Gasteiger partial charge in [0.1, 0.15) is 11.5 Å². The third-order valence-corrected chi connectivity index (χ3v) is 9.21. The van der Waals surface area contributed by atoms with E-state index in [2.05, 4.69) is 29.3 Å². The number of fused-ring (bicyclic) bond motifs is 1. The molecule has 0 bridgehead atoms. The van der Waals surface area contributed by atoms with Crippen LogP contribution in [0.15, 0.2) is 35.3 Å². The van der Waals surface area contributed by atoms with Crippen LogP contribution in [0, 0.1) is 5.92 Å². The van der Waals surface area contributed by atoms with Crippen molar-refractivity contribution in [2.45, 2.75) is 66.9 Å². The van der Waals surface area contributed by atoms with Gasteiger partial charge in [-0.05, 0) is 30.8 Å². The maximum atomic E-state index is 10.3.